The van der Waals surface area contributed by atoms with Crippen molar-refractivity contribution in [3.63, 3.8) is 0 Å². The van der Waals surface area contributed by atoms with Gasteiger partial charge in [-0.2, -0.15) is 21.6 Å². The third kappa shape index (κ3) is 7.78. The number of aromatic hydroxyl groups is 1. The van der Waals surface area contributed by atoms with Crippen LogP contribution in [0.5, 0.6) is 5.75 Å². The van der Waals surface area contributed by atoms with Crippen molar-refractivity contribution in [1.82, 2.24) is 0 Å². The smallest absolute Gasteiger partial charge is 0.416 e. The van der Waals surface area contributed by atoms with E-state index >= 15 is 0 Å². The lowest BCUT2D eigenvalue weighted by molar-refractivity contribution is -0.137. The molecule has 0 aromatic heterocycles. The number of hydrogen-bond donors (Lipinski definition) is 3. The van der Waals surface area contributed by atoms with Gasteiger partial charge in [-0.25, -0.2) is 8.70 Å². The van der Waals surface area contributed by atoms with E-state index in [-0.39, 0.29) is 22.6 Å². The summed E-state index contributed by atoms with van der Waals surface area (Å²) in [6.07, 6.45) is -3.83. The highest BCUT2D eigenvalue weighted by atomic mass is 32.2. The Morgan fingerprint density at radius 1 is 0.902 bits per heavy atom. The van der Waals surface area contributed by atoms with Crippen molar-refractivity contribution in [2.24, 2.45) is 0 Å². The maximum absolute atomic E-state index is 13.3. The fourth-order valence-electron chi connectivity index (χ4n) is 3.79. The van der Waals surface area contributed by atoms with Crippen molar-refractivity contribution in [1.29, 1.82) is 0 Å². The van der Waals surface area contributed by atoms with Crippen LogP contribution in [0.25, 0.3) is 0 Å². The molecule has 0 heterocycles. The van der Waals surface area contributed by atoms with Crippen LogP contribution in [0, 0.1) is 5.82 Å². The molecular formula is C28H22F4N2O5S2. The van der Waals surface area contributed by atoms with Gasteiger partial charge in [0.15, 0.2) is 0 Å². The lowest BCUT2D eigenvalue weighted by Gasteiger charge is -2.22. The summed E-state index contributed by atoms with van der Waals surface area (Å²) in [5.74, 6) is -1.10. The van der Waals surface area contributed by atoms with Gasteiger partial charge in [0.2, 0.25) is 0 Å². The highest BCUT2D eigenvalue weighted by Gasteiger charge is 2.30. The molecule has 4 rings (SSSR count). The standard InChI is InChI=1S/C28H22F4N2O5S2/c29-21-7-10-23(11-8-21)34(41(37,38)39)25-17-22(9-14-26(25)35)33-27(36)19-3-12-24(13-4-19)40-16-15-18-1-5-20(6-2-18)28(30,31)32/h1-14,17,35H,15-16H2,(H,33,36)(H,37,38,39). The van der Waals surface area contributed by atoms with Gasteiger partial charge < -0.3 is 10.4 Å². The molecule has 214 valence electrons. The molecule has 0 bridgehead atoms. The van der Waals surface area contributed by atoms with Gasteiger partial charge in [-0.1, -0.05) is 12.1 Å². The number of anilines is 3. The number of carbonyl (C=O) groups is 1. The number of thioether (sulfide) groups is 1. The molecule has 0 aliphatic heterocycles. The maximum atomic E-state index is 13.3. The van der Waals surface area contributed by atoms with Crippen molar-refractivity contribution < 1.29 is 40.4 Å². The molecule has 0 aliphatic rings. The monoisotopic (exact) mass is 606 g/mol. The van der Waals surface area contributed by atoms with Gasteiger partial charge in [-0.3, -0.25) is 9.35 Å². The summed E-state index contributed by atoms with van der Waals surface area (Å²) in [7, 11) is -4.95. The van der Waals surface area contributed by atoms with Crippen molar-refractivity contribution in [3.05, 3.63) is 114 Å². The minimum atomic E-state index is -4.95. The average molecular weight is 607 g/mol. The van der Waals surface area contributed by atoms with E-state index in [9.17, 15) is 40.4 Å². The van der Waals surface area contributed by atoms with E-state index < -0.39 is 39.5 Å². The highest BCUT2D eigenvalue weighted by molar-refractivity contribution is 7.99. The summed E-state index contributed by atoms with van der Waals surface area (Å²) in [6.45, 7) is 0. The number of phenols is 1. The number of amides is 1. The lowest BCUT2D eigenvalue weighted by Crippen LogP contribution is -2.25. The first-order valence-corrected chi connectivity index (χ1v) is 14.3. The lowest BCUT2D eigenvalue weighted by atomic mass is 10.1. The molecular weight excluding hydrogens is 584 g/mol. The molecule has 0 aliphatic carbocycles. The zero-order chi connectivity index (χ0) is 29.8. The molecule has 7 nitrogen and oxygen atoms in total. The fraction of sp³-hybridized carbons (Fsp3) is 0.107. The molecule has 0 radical (unpaired) electrons. The normalized spacial score (nSPS) is 11.7. The van der Waals surface area contributed by atoms with E-state index in [1.165, 1.54) is 30.0 Å². The topological polar surface area (TPSA) is 107 Å². The van der Waals surface area contributed by atoms with Gasteiger partial charge in [-0.15, -0.1) is 11.8 Å². The van der Waals surface area contributed by atoms with Crippen LogP contribution in [-0.4, -0.2) is 29.7 Å². The van der Waals surface area contributed by atoms with Crippen LogP contribution in [0.4, 0.5) is 34.6 Å². The maximum Gasteiger partial charge on any atom is 0.416 e. The number of benzene rings is 4. The number of rotatable bonds is 9. The van der Waals surface area contributed by atoms with Crippen molar-refractivity contribution >= 4 is 45.0 Å². The molecule has 3 N–H and O–H groups in total. The molecule has 1 amide bonds. The first-order chi connectivity index (χ1) is 19.3. The van der Waals surface area contributed by atoms with Gasteiger partial charge in [0.1, 0.15) is 17.3 Å². The summed E-state index contributed by atoms with van der Waals surface area (Å²) in [5.41, 5.74) is -0.0853. The molecule has 4 aromatic carbocycles. The van der Waals surface area contributed by atoms with Crippen LogP contribution in [-0.2, 0) is 22.9 Å². The van der Waals surface area contributed by atoms with Crippen LogP contribution in [0.3, 0.4) is 0 Å². The predicted molar refractivity (Wildman–Crippen MR) is 148 cm³/mol. The summed E-state index contributed by atoms with van der Waals surface area (Å²) in [6, 6.07) is 19.3. The molecule has 0 unspecified atom stereocenters. The Hall–Kier alpha value is -4.07. The van der Waals surface area contributed by atoms with Gasteiger partial charge in [0.25, 0.3) is 5.91 Å². The van der Waals surface area contributed by atoms with E-state index in [2.05, 4.69) is 5.32 Å². The minimum Gasteiger partial charge on any atom is -0.506 e. The second kappa shape index (κ2) is 12.2. The number of nitrogens with zero attached hydrogens (tertiary/aromatic N) is 1. The first-order valence-electron chi connectivity index (χ1n) is 11.9. The molecule has 0 saturated carbocycles. The number of alkyl halides is 3. The molecule has 0 atom stereocenters. The van der Waals surface area contributed by atoms with Crippen LogP contribution in [0.2, 0.25) is 0 Å². The Bertz CT molecular complexity index is 1630. The quantitative estimate of drug-likeness (QED) is 0.0814. The molecule has 4 aromatic rings. The molecule has 41 heavy (non-hydrogen) atoms. The van der Waals surface area contributed by atoms with E-state index in [0.717, 1.165) is 59.0 Å². The highest BCUT2D eigenvalue weighted by Crippen LogP contribution is 2.37. The first kappa shape index (κ1) is 29.9. The Labute approximate surface area is 237 Å². The Morgan fingerprint density at radius 2 is 1.54 bits per heavy atom. The van der Waals surface area contributed by atoms with Crippen molar-refractivity contribution in [3.8, 4) is 5.75 Å². The zero-order valence-corrected chi connectivity index (χ0v) is 22.6. The molecule has 0 fully saturated rings. The van der Waals surface area contributed by atoms with E-state index in [4.69, 9.17) is 0 Å². The third-order valence-electron chi connectivity index (χ3n) is 5.80. The van der Waals surface area contributed by atoms with Crippen LogP contribution < -0.4 is 9.62 Å². The summed E-state index contributed by atoms with van der Waals surface area (Å²) < 4.78 is 85.8. The van der Waals surface area contributed by atoms with Crippen LogP contribution >= 0.6 is 11.8 Å². The summed E-state index contributed by atoms with van der Waals surface area (Å²) in [5, 5.41) is 12.9. The van der Waals surface area contributed by atoms with Crippen LogP contribution in [0.1, 0.15) is 21.5 Å². The van der Waals surface area contributed by atoms with Gasteiger partial charge >= 0.3 is 16.5 Å². The van der Waals surface area contributed by atoms with Crippen LogP contribution in [0.15, 0.2) is 95.9 Å². The Morgan fingerprint density at radius 3 is 2.12 bits per heavy atom. The molecule has 0 saturated heterocycles. The fourth-order valence-corrected chi connectivity index (χ4v) is 5.47. The van der Waals surface area contributed by atoms with Gasteiger partial charge in [-0.05, 0) is 90.8 Å². The SMILES string of the molecule is O=C(Nc1ccc(O)c(N(c2ccc(F)cc2)S(=O)(=O)O)c1)c1ccc(SCCc2ccc(C(F)(F)F)cc2)cc1. The average Bonchev–Trinajstić information content (AvgIpc) is 2.91. The predicted octanol–water partition coefficient (Wildman–Crippen LogP) is 7.08. The van der Waals surface area contributed by atoms with E-state index in [1.807, 2.05) is 0 Å². The third-order valence-corrected chi connectivity index (χ3v) is 7.68. The number of carbonyl (C=O) groups excluding carboxylic acids is 1. The number of halogens is 4. The molecule has 0 spiro atoms. The number of nitrogens with one attached hydrogen (secondary N) is 1. The second-order valence-corrected chi connectivity index (χ2v) is 11.1. The zero-order valence-electron chi connectivity index (χ0n) is 21.0. The van der Waals surface area contributed by atoms with Crippen molar-refractivity contribution in [2.45, 2.75) is 17.5 Å². The summed E-state index contributed by atoms with van der Waals surface area (Å²) >= 11 is 1.47. The van der Waals surface area contributed by atoms with E-state index in [0.29, 0.717) is 16.5 Å². The molecule has 13 heteroatoms. The second-order valence-electron chi connectivity index (χ2n) is 8.69. The Kier molecular flexibility index (Phi) is 8.90. The largest absolute Gasteiger partial charge is 0.506 e. The van der Waals surface area contributed by atoms with Gasteiger partial charge in [0.05, 0.1) is 11.3 Å². The summed E-state index contributed by atoms with van der Waals surface area (Å²) in [4.78, 5) is 13.6. The number of hydrogen-bond acceptors (Lipinski definition) is 5. The number of phenolic OH excluding ortho intramolecular Hbond substituents is 1. The number of aryl methyl sites for hydroxylation is 1. The van der Waals surface area contributed by atoms with Gasteiger partial charge in [0, 0.05) is 21.9 Å². The van der Waals surface area contributed by atoms with E-state index in [1.54, 1.807) is 24.3 Å². The Balaban J connectivity index is 1.41. The minimum absolute atomic E-state index is 0.105. The van der Waals surface area contributed by atoms with Crippen molar-refractivity contribution in [2.75, 3.05) is 15.4 Å².